The lowest BCUT2D eigenvalue weighted by Gasteiger charge is -2.15. The fraction of sp³-hybridized carbons (Fsp3) is 0.500. The summed E-state index contributed by atoms with van der Waals surface area (Å²) in [5, 5.41) is 0. The minimum atomic E-state index is 1.00. The summed E-state index contributed by atoms with van der Waals surface area (Å²) in [6.07, 6.45) is 4.59. The van der Waals surface area contributed by atoms with Crippen LogP contribution in [0.2, 0.25) is 0 Å². The molecule has 0 heterocycles. The summed E-state index contributed by atoms with van der Waals surface area (Å²) in [6, 6.07) is 0. The predicted molar refractivity (Wildman–Crippen MR) is 39.9 cm³/mol. The quantitative estimate of drug-likeness (QED) is 0.566. The maximum atomic E-state index is 5.73. The van der Waals surface area contributed by atoms with Crippen molar-refractivity contribution in [1.82, 2.24) is 0 Å². The van der Waals surface area contributed by atoms with Crippen molar-refractivity contribution >= 4 is 0 Å². The van der Waals surface area contributed by atoms with Gasteiger partial charge < -0.3 is 5.73 Å². The molecule has 1 rings (SSSR count). The molecule has 0 saturated heterocycles. The fourth-order valence-corrected chi connectivity index (χ4v) is 0.854. The van der Waals surface area contributed by atoms with E-state index in [0.29, 0.717) is 0 Å². The van der Waals surface area contributed by atoms with Crippen molar-refractivity contribution in [1.29, 1.82) is 0 Å². The number of hydrogen-bond donors (Lipinski definition) is 1. The lowest BCUT2D eigenvalue weighted by atomic mass is 9.94. The lowest BCUT2D eigenvalue weighted by Crippen LogP contribution is -2.07. The van der Waals surface area contributed by atoms with Crippen molar-refractivity contribution in [2.24, 2.45) is 5.73 Å². The Morgan fingerprint density at radius 2 is 2.11 bits per heavy atom. The van der Waals surface area contributed by atoms with Crippen LogP contribution < -0.4 is 5.73 Å². The molecule has 0 fully saturated rings. The van der Waals surface area contributed by atoms with Gasteiger partial charge >= 0.3 is 0 Å². The van der Waals surface area contributed by atoms with Crippen LogP contribution in [0, 0.1) is 0 Å². The molecule has 0 aliphatic heterocycles. The summed E-state index contributed by atoms with van der Waals surface area (Å²) < 4.78 is 0. The maximum absolute atomic E-state index is 5.73. The van der Waals surface area contributed by atoms with Gasteiger partial charge in [-0.2, -0.15) is 0 Å². The maximum Gasteiger partial charge on any atom is 0.0329 e. The van der Waals surface area contributed by atoms with Gasteiger partial charge in [0.25, 0.3) is 0 Å². The molecule has 0 saturated carbocycles. The van der Waals surface area contributed by atoms with Gasteiger partial charge in [-0.05, 0) is 32.3 Å². The third kappa shape index (κ3) is 1.15. The van der Waals surface area contributed by atoms with Crippen molar-refractivity contribution < 1.29 is 0 Å². The van der Waals surface area contributed by atoms with Gasteiger partial charge in [0.2, 0.25) is 0 Å². The average Bonchev–Trinajstić information content (AvgIpc) is 1.60. The Morgan fingerprint density at radius 3 is 2.22 bits per heavy atom. The molecule has 0 spiro atoms. The van der Waals surface area contributed by atoms with Crippen LogP contribution >= 0.6 is 0 Å². The predicted octanol–water partition coefficient (Wildman–Crippen LogP) is 1.96. The monoisotopic (exact) mass is 123 g/mol. The molecular formula is C8H13N. The second kappa shape index (κ2) is 2.26. The van der Waals surface area contributed by atoms with Crippen LogP contribution in [0.1, 0.15) is 26.7 Å². The molecule has 9 heavy (non-hydrogen) atoms. The van der Waals surface area contributed by atoms with Crippen molar-refractivity contribution in [3.05, 3.63) is 22.9 Å². The summed E-state index contributed by atoms with van der Waals surface area (Å²) in [4.78, 5) is 0. The van der Waals surface area contributed by atoms with Crippen LogP contribution in [0.4, 0.5) is 0 Å². The number of allylic oxidation sites excluding steroid dienone is 3. The minimum absolute atomic E-state index is 1.00. The molecule has 1 heteroatoms. The van der Waals surface area contributed by atoms with E-state index in [0.717, 1.165) is 5.70 Å². The number of rotatable bonds is 1. The topological polar surface area (TPSA) is 26.0 Å². The second-order valence-electron chi connectivity index (χ2n) is 2.68. The van der Waals surface area contributed by atoms with Crippen LogP contribution in [0.3, 0.4) is 0 Å². The van der Waals surface area contributed by atoms with Gasteiger partial charge in [-0.15, -0.1) is 0 Å². The first-order valence-electron chi connectivity index (χ1n) is 3.34. The first kappa shape index (κ1) is 6.40. The zero-order valence-electron chi connectivity index (χ0n) is 6.07. The summed E-state index contributed by atoms with van der Waals surface area (Å²) in [5.74, 6) is 0. The zero-order valence-corrected chi connectivity index (χ0v) is 6.07. The van der Waals surface area contributed by atoms with Crippen LogP contribution in [0.15, 0.2) is 22.9 Å². The third-order valence-corrected chi connectivity index (χ3v) is 1.69. The Kier molecular flexibility index (Phi) is 1.60. The Balaban J connectivity index is 2.73. The molecule has 1 nitrogen and oxygen atoms in total. The Bertz CT molecular complexity index is 171. The van der Waals surface area contributed by atoms with E-state index in [-0.39, 0.29) is 0 Å². The van der Waals surface area contributed by atoms with E-state index < -0.39 is 0 Å². The van der Waals surface area contributed by atoms with E-state index in [4.69, 9.17) is 5.73 Å². The SMILES string of the molecule is CC(C)=C(N)C1=CCC1. The van der Waals surface area contributed by atoms with Crippen molar-refractivity contribution in [3.8, 4) is 0 Å². The molecule has 0 radical (unpaired) electrons. The molecule has 2 N–H and O–H groups in total. The highest BCUT2D eigenvalue weighted by Gasteiger charge is 2.08. The Labute approximate surface area is 56.2 Å². The lowest BCUT2D eigenvalue weighted by molar-refractivity contribution is 0.871. The summed E-state index contributed by atoms with van der Waals surface area (Å²) in [7, 11) is 0. The third-order valence-electron chi connectivity index (χ3n) is 1.69. The van der Waals surface area contributed by atoms with E-state index in [1.54, 1.807) is 0 Å². The fourth-order valence-electron chi connectivity index (χ4n) is 0.854. The molecule has 1 aliphatic rings. The Morgan fingerprint density at radius 1 is 1.56 bits per heavy atom. The van der Waals surface area contributed by atoms with E-state index >= 15 is 0 Å². The largest absolute Gasteiger partial charge is 0.399 e. The minimum Gasteiger partial charge on any atom is -0.399 e. The molecule has 1 aliphatic carbocycles. The molecule has 50 valence electrons. The van der Waals surface area contributed by atoms with Crippen molar-refractivity contribution in [3.63, 3.8) is 0 Å². The van der Waals surface area contributed by atoms with Gasteiger partial charge in [0.1, 0.15) is 0 Å². The van der Waals surface area contributed by atoms with Crippen LogP contribution in [-0.4, -0.2) is 0 Å². The number of hydrogen-bond acceptors (Lipinski definition) is 1. The summed E-state index contributed by atoms with van der Waals surface area (Å²) in [5.41, 5.74) is 9.31. The molecule has 0 aromatic rings. The van der Waals surface area contributed by atoms with Crippen molar-refractivity contribution in [2.45, 2.75) is 26.7 Å². The Hall–Kier alpha value is -0.720. The molecule has 0 aromatic carbocycles. The summed E-state index contributed by atoms with van der Waals surface area (Å²) in [6.45, 7) is 4.10. The first-order chi connectivity index (χ1) is 4.22. The van der Waals surface area contributed by atoms with Crippen LogP contribution in [0.25, 0.3) is 0 Å². The van der Waals surface area contributed by atoms with Gasteiger partial charge in [0, 0.05) is 5.70 Å². The first-order valence-corrected chi connectivity index (χ1v) is 3.34. The highest BCUT2D eigenvalue weighted by atomic mass is 14.6. The van der Waals surface area contributed by atoms with Crippen LogP contribution in [-0.2, 0) is 0 Å². The molecule has 0 atom stereocenters. The van der Waals surface area contributed by atoms with Gasteiger partial charge in [-0.1, -0.05) is 11.6 Å². The van der Waals surface area contributed by atoms with E-state index in [2.05, 4.69) is 19.9 Å². The van der Waals surface area contributed by atoms with Gasteiger partial charge in [0.15, 0.2) is 0 Å². The molecular weight excluding hydrogens is 110 g/mol. The van der Waals surface area contributed by atoms with E-state index in [1.165, 1.54) is 24.0 Å². The normalized spacial score (nSPS) is 16.0. The van der Waals surface area contributed by atoms with Gasteiger partial charge in [-0.3, -0.25) is 0 Å². The van der Waals surface area contributed by atoms with E-state index in [9.17, 15) is 0 Å². The smallest absolute Gasteiger partial charge is 0.0329 e. The average molecular weight is 123 g/mol. The van der Waals surface area contributed by atoms with Gasteiger partial charge in [-0.25, -0.2) is 0 Å². The standard InChI is InChI=1S/C8H13N/c1-6(2)8(9)7-4-3-5-7/h4H,3,5,9H2,1-2H3. The van der Waals surface area contributed by atoms with Gasteiger partial charge in [0.05, 0.1) is 0 Å². The number of nitrogens with two attached hydrogens (primary N) is 1. The molecule has 0 unspecified atom stereocenters. The molecule has 0 aromatic heterocycles. The zero-order chi connectivity index (χ0) is 6.85. The molecule has 0 amide bonds. The van der Waals surface area contributed by atoms with Crippen LogP contribution in [0.5, 0.6) is 0 Å². The highest BCUT2D eigenvalue weighted by molar-refractivity contribution is 5.35. The molecule has 0 bridgehead atoms. The van der Waals surface area contributed by atoms with Crippen molar-refractivity contribution in [2.75, 3.05) is 0 Å². The highest BCUT2D eigenvalue weighted by Crippen LogP contribution is 2.23. The second-order valence-corrected chi connectivity index (χ2v) is 2.68. The summed E-state index contributed by atoms with van der Waals surface area (Å²) >= 11 is 0. The van der Waals surface area contributed by atoms with E-state index in [1.807, 2.05) is 0 Å².